The summed E-state index contributed by atoms with van der Waals surface area (Å²) in [4.78, 5) is 57.5. The Labute approximate surface area is 337 Å². The average molecular weight is 813 g/mol. The van der Waals surface area contributed by atoms with E-state index in [1.807, 2.05) is 43.3 Å². The first-order chi connectivity index (χ1) is 27.2. The van der Waals surface area contributed by atoms with Crippen molar-refractivity contribution < 1.29 is 38.1 Å². The number of methoxy groups -OCH3 is 2. The minimum atomic E-state index is -2.28. The Morgan fingerprint density at radius 3 is 1.98 bits per heavy atom. The van der Waals surface area contributed by atoms with E-state index in [0.29, 0.717) is 22.6 Å². The molecule has 4 aromatic rings. The van der Waals surface area contributed by atoms with Crippen molar-refractivity contribution in [2.45, 2.75) is 28.5 Å². The maximum absolute atomic E-state index is 14.7. The number of halogens is 3. The standard InChI is InChI=1S/C42H36Cl2FN5O7/c1-48(2)25-13-7-23(8-14-25)46-47-24-9-15-26(16-10-24)49-37(52)30-18-17-29-31(34(30)38(49)53)21-41(43)39(54)50(27-11-5-22(45)6-12-27)40(55)42(41,44)36(29)35-32(51)19-28(56-3)20-33(35)57-4/h5-17,19-20,30-31,34,36,51H,18,21H2,1-4H3/t30-,31+,34-,36+,41+,42-/m0/s1. The molecule has 4 aromatic carbocycles. The number of fused-ring (bicyclic) bond motifs is 4. The molecule has 1 saturated carbocycles. The van der Waals surface area contributed by atoms with Gasteiger partial charge in [-0.15, -0.1) is 23.2 Å². The molecule has 8 rings (SSSR count). The van der Waals surface area contributed by atoms with Gasteiger partial charge in [-0.3, -0.25) is 24.1 Å². The number of hydrogen-bond donors (Lipinski definition) is 1. The van der Waals surface area contributed by atoms with E-state index >= 15 is 0 Å². The van der Waals surface area contributed by atoms with E-state index in [9.17, 15) is 28.7 Å². The van der Waals surface area contributed by atoms with Crippen molar-refractivity contribution in [2.75, 3.05) is 43.0 Å². The summed E-state index contributed by atoms with van der Waals surface area (Å²) in [5.74, 6) is -7.44. The predicted molar refractivity (Wildman–Crippen MR) is 212 cm³/mol. The number of carbonyl (C=O) groups excluding carboxylic acids is 4. The third-order valence-corrected chi connectivity index (χ3v) is 12.9. The zero-order valence-electron chi connectivity index (χ0n) is 31.2. The summed E-state index contributed by atoms with van der Waals surface area (Å²) in [6, 6.07) is 21.6. The topological polar surface area (TPSA) is 141 Å². The zero-order valence-corrected chi connectivity index (χ0v) is 32.7. The summed E-state index contributed by atoms with van der Waals surface area (Å²) in [5.41, 5.74) is 3.00. The van der Waals surface area contributed by atoms with E-state index in [2.05, 4.69) is 10.2 Å². The fourth-order valence-corrected chi connectivity index (χ4v) is 9.65. The molecular formula is C42H36Cl2FN5O7. The molecule has 2 heterocycles. The van der Waals surface area contributed by atoms with Gasteiger partial charge in [0.05, 0.1) is 48.8 Å². The van der Waals surface area contributed by atoms with Crippen molar-refractivity contribution in [1.82, 2.24) is 0 Å². The van der Waals surface area contributed by atoms with Crippen LogP contribution in [0.5, 0.6) is 17.2 Å². The van der Waals surface area contributed by atoms with Gasteiger partial charge in [0, 0.05) is 43.4 Å². The van der Waals surface area contributed by atoms with Gasteiger partial charge in [0.25, 0.3) is 11.8 Å². The van der Waals surface area contributed by atoms with E-state index in [-0.39, 0.29) is 41.3 Å². The second kappa shape index (κ2) is 14.0. The normalized spacial score (nSPS) is 26.7. The van der Waals surface area contributed by atoms with Crippen LogP contribution in [0.2, 0.25) is 0 Å². The number of carbonyl (C=O) groups is 4. The summed E-state index contributed by atoms with van der Waals surface area (Å²) >= 11 is 14.9. The van der Waals surface area contributed by atoms with Gasteiger partial charge in [-0.05, 0) is 91.6 Å². The minimum Gasteiger partial charge on any atom is -0.507 e. The van der Waals surface area contributed by atoms with Gasteiger partial charge in [-0.25, -0.2) is 9.29 Å². The van der Waals surface area contributed by atoms with E-state index in [4.69, 9.17) is 32.7 Å². The Bertz CT molecular complexity index is 2390. The van der Waals surface area contributed by atoms with Crippen LogP contribution in [0, 0.1) is 23.6 Å². The van der Waals surface area contributed by atoms with Gasteiger partial charge in [-0.1, -0.05) is 11.6 Å². The van der Waals surface area contributed by atoms with Crippen molar-refractivity contribution in [3.63, 3.8) is 0 Å². The number of hydrogen-bond acceptors (Lipinski definition) is 10. The summed E-state index contributed by atoms with van der Waals surface area (Å²) in [6.45, 7) is 0. The number of aromatic hydroxyl groups is 1. The molecule has 4 amide bonds. The highest BCUT2D eigenvalue weighted by molar-refractivity contribution is 6.58. The molecule has 3 fully saturated rings. The Hall–Kier alpha value is -5.79. The monoisotopic (exact) mass is 811 g/mol. The molecule has 0 unspecified atom stereocenters. The molecular weight excluding hydrogens is 776 g/mol. The smallest absolute Gasteiger partial charge is 0.258 e. The molecule has 0 bridgehead atoms. The van der Waals surface area contributed by atoms with E-state index < -0.39 is 62.9 Å². The van der Waals surface area contributed by atoms with Gasteiger partial charge < -0.3 is 19.5 Å². The first-order valence-corrected chi connectivity index (χ1v) is 18.8. The van der Waals surface area contributed by atoms with Crippen molar-refractivity contribution in [3.8, 4) is 17.2 Å². The number of imide groups is 2. The molecule has 12 nitrogen and oxygen atoms in total. The second-order valence-corrected chi connectivity index (χ2v) is 15.9. The number of phenols is 1. The Balaban J connectivity index is 1.18. The van der Waals surface area contributed by atoms with Crippen LogP contribution in [0.3, 0.4) is 0 Å². The molecule has 0 spiro atoms. The SMILES string of the molecule is COc1cc(O)c([C@H]2C3=CC[C@@H]4C(=O)N(c5ccc(N=Nc6ccc(N(C)C)cc6)cc5)C(=O)[C@@H]4[C@@H]3C[C@@]3(Cl)C(=O)N(c4ccc(F)cc4)C(=O)[C@@]23Cl)c(OC)c1. The third-order valence-electron chi connectivity index (χ3n) is 11.5. The van der Waals surface area contributed by atoms with Crippen LogP contribution in [0.4, 0.5) is 32.8 Å². The second-order valence-electron chi connectivity index (χ2n) is 14.7. The fraction of sp³-hybridized carbons (Fsp3) is 0.286. The number of nitrogens with zero attached hydrogens (tertiary/aromatic N) is 5. The van der Waals surface area contributed by atoms with Crippen molar-refractivity contribution >= 4 is 75.3 Å². The third kappa shape index (κ3) is 5.77. The molecule has 6 atom stereocenters. The summed E-state index contributed by atoms with van der Waals surface area (Å²) in [6.07, 6.45) is 1.55. The predicted octanol–water partition coefficient (Wildman–Crippen LogP) is 7.80. The van der Waals surface area contributed by atoms with Gasteiger partial charge >= 0.3 is 0 Å². The van der Waals surface area contributed by atoms with Crippen LogP contribution < -0.4 is 24.2 Å². The van der Waals surface area contributed by atoms with Gasteiger partial charge in [0.15, 0.2) is 9.75 Å². The van der Waals surface area contributed by atoms with E-state index in [1.165, 1.54) is 38.5 Å². The van der Waals surface area contributed by atoms with E-state index in [1.54, 1.807) is 30.3 Å². The van der Waals surface area contributed by atoms with Crippen LogP contribution in [0.25, 0.3) is 0 Å². The number of allylic oxidation sites excluding steroid dienone is 2. The molecule has 2 saturated heterocycles. The van der Waals surface area contributed by atoms with Gasteiger partial charge in [-0.2, -0.15) is 10.2 Å². The lowest BCUT2D eigenvalue weighted by Crippen LogP contribution is -2.60. The summed E-state index contributed by atoms with van der Waals surface area (Å²) < 4.78 is 25.1. The summed E-state index contributed by atoms with van der Waals surface area (Å²) in [5, 5.41) is 20.2. The number of anilines is 3. The molecule has 4 aliphatic rings. The minimum absolute atomic E-state index is 0.0313. The molecule has 0 aromatic heterocycles. The van der Waals surface area contributed by atoms with E-state index in [0.717, 1.165) is 27.6 Å². The highest BCUT2D eigenvalue weighted by atomic mass is 35.5. The molecule has 1 N–H and O–H groups in total. The maximum atomic E-state index is 14.7. The number of alkyl halides is 2. The number of azo groups is 1. The number of rotatable bonds is 8. The number of phenolic OH excluding ortho intramolecular Hbond substituents is 1. The Morgan fingerprint density at radius 2 is 1.39 bits per heavy atom. The maximum Gasteiger partial charge on any atom is 0.258 e. The van der Waals surface area contributed by atoms with Crippen LogP contribution in [-0.4, -0.2) is 66.8 Å². The van der Waals surface area contributed by atoms with Crippen molar-refractivity contribution in [3.05, 3.63) is 108 Å². The van der Waals surface area contributed by atoms with Crippen molar-refractivity contribution in [1.29, 1.82) is 0 Å². The van der Waals surface area contributed by atoms with Crippen molar-refractivity contribution in [2.24, 2.45) is 28.0 Å². The van der Waals surface area contributed by atoms with Crippen LogP contribution >= 0.6 is 23.2 Å². The number of benzene rings is 4. The quantitative estimate of drug-likeness (QED) is 0.0823. The first kappa shape index (κ1) is 38.1. The molecule has 2 aliphatic carbocycles. The molecule has 292 valence electrons. The lowest BCUT2D eigenvalue weighted by Gasteiger charge is -2.50. The van der Waals surface area contributed by atoms with Crippen LogP contribution in [-0.2, 0) is 19.2 Å². The number of amides is 4. The first-order valence-electron chi connectivity index (χ1n) is 18.1. The lowest BCUT2D eigenvalue weighted by atomic mass is 9.56. The van der Waals surface area contributed by atoms with Gasteiger partial charge in [0.2, 0.25) is 11.8 Å². The molecule has 15 heteroatoms. The average Bonchev–Trinajstić information content (AvgIpc) is 3.55. The number of ether oxygens (including phenoxy) is 2. The summed E-state index contributed by atoms with van der Waals surface area (Å²) in [7, 11) is 6.64. The van der Waals surface area contributed by atoms with Gasteiger partial charge in [0.1, 0.15) is 23.1 Å². The Kier molecular flexibility index (Phi) is 9.35. The van der Waals surface area contributed by atoms with Crippen LogP contribution in [0.1, 0.15) is 24.3 Å². The molecule has 0 radical (unpaired) electrons. The largest absolute Gasteiger partial charge is 0.507 e. The molecule has 57 heavy (non-hydrogen) atoms. The fourth-order valence-electron chi connectivity index (χ4n) is 8.74. The van der Waals surface area contributed by atoms with Crippen LogP contribution in [0.15, 0.2) is 107 Å². The highest BCUT2D eigenvalue weighted by Crippen LogP contribution is 2.67. The Morgan fingerprint density at radius 1 is 0.789 bits per heavy atom. The lowest BCUT2D eigenvalue weighted by molar-refractivity contribution is -0.125. The highest BCUT2D eigenvalue weighted by Gasteiger charge is 2.77. The molecule has 2 aliphatic heterocycles. The zero-order chi connectivity index (χ0) is 40.6.